The predicted molar refractivity (Wildman–Crippen MR) is 120 cm³/mol. The fraction of sp³-hybridized carbons (Fsp3) is 0.524. The first-order valence-electron chi connectivity index (χ1n) is 10.2. The van der Waals surface area contributed by atoms with E-state index in [9.17, 15) is 14.7 Å². The highest BCUT2D eigenvalue weighted by Gasteiger charge is 2.26. The minimum Gasteiger partial charge on any atom is -0.394 e. The van der Waals surface area contributed by atoms with E-state index in [1.165, 1.54) is 16.0 Å². The average Bonchev–Trinajstić information content (AvgIpc) is 3.25. The molecular formula is C21H29N5O4S. The van der Waals surface area contributed by atoms with Gasteiger partial charge in [0, 0.05) is 36.1 Å². The van der Waals surface area contributed by atoms with Crippen LogP contribution >= 0.6 is 11.3 Å². The number of carbonyl (C=O) groups is 1. The highest BCUT2D eigenvalue weighted by atomic mass is 32.1. The van der Waals surface area contributed by atoms with Crippen molar-refractivity contribution in [2.45, 2.75) is 46.6 Å². The SMILES string of the molecule is Cc1n[nH]c(C)c1Cc1sc2c(CC(C)C)nn(C)c(=O)c2c1C(=O)NC[C@H](O)CO. The molecule has 0 radical (unpaired) electrons. The van der Waals surface area contributed by atoms with Crippen LogP contribution in [0.3, 0.4) is 0 Å². The molecule has 0 aromatic carbocycles. The molecule has 3 rings (SSSR count). The molecule has 168 valence electrons. The Morgan fingerprint density at radius 3 is 2.61 bits per heavy atom. The molecule has 0 aliphatic heterocycles. The van der Waals surface area contributed by atoms with Gasteiger partial charge in [-0.3, -0.25) is 14.7 Å². The van der Waals surface area contributed by atoms with Crippen molar-refractivity contribution in [2.75, 3.05) is 13.2 Å². The maximum absolute atomic E-state index is 13.2. The summed E-state index contributed by atoms with van der Waals surface area (Å²) in [5.74, 6) is -0.125. The van der Waals surface area contributed by atoms with E-state index in [1.54, 1.807) is 7.05 Å². The number of hydrogen-bond acceptors (Lipinski definition) is 7. The van der Waals surface area contributed by atoms with E-state index in [2.05, 4.69) is 34.5 Å². The monoisotopic (exact) mass is 447 g/mol. The van der Waals surface area contributed by atoms with Crippen LogP contribution in [0, 0.1) is 19.8 Å². The number of nitrogens with zero attached hydrogens (tertiary/aromatic N) is 3. The fourth-order valence-electron chi connectivity index (χ4n) is 3.56. The Morgan fingerprint density at radius 2 is 2.03 bits per heavy atom. The number of rotatable bonds is 8. The van der Waals surface area contributed by atoms with Gasteiger partial charge < -0.3 is 15.5 Å². The van der Waals surface area contributed by atoms with E-state index >= 15 is 0 Å². The lowest BCUT2D eigenvalue weighted by Crippen LogP contribution is -2.35. The van der Waals surface area contributed by atoms with Crippen molar-refractivity contribution in [3.63, 3.8) is 0 Å². The van der Waals surface area contributed by atoms with Gasteiger partial charge in [-0.05, 0) is 26.2 Å². The second kappa shape index (κ2) is 9.29. The summed E-state index contributed by atoms with van der Waals surface area (Å²) in [6.45, 7) is 7.40. The third kappa shape index (κ3) is 4.70. The van der Waals surface area contributed by atoms with Gasteiger partial charge in [0.15, 0.2) is 0 Å². The predicted octanol–water partition coefficient (Wildman–Crippen LogP) is 1.21. The maximum Gasteiger partial charge on any atom is 0.276 e. The van der Waals surface area contributed by atoms with Crippen LogP contribution < -0.4 is 10.9 Å². The zero-order chi connectivity index (χ0) is 22.9. The van der Waals surface area contributed by atoms with Crippen molar-refractivity contribution in [2.24, 2.45) is 13.0 Å². The second-order valence-electron chi connectivity index (χ2n) is 8.21. The highest BCUT2D eigenvalue weighted by molar-refractivity contribution is 7.19. The van der Waals surface area contributed by atoms with E-state index in [0.29, 0.717) is 29.7 Å². The molecule has 0 aliphatic carbocycles. The molecule has 4 N–H and O–H groups in total. The molecule has 0 spiro atoms. The van der Waals surface area contributed by atoms with Gasteiger partial charge in [-0.2, -0.15) is 10.2 Å². The molecule has 0 bridgehead atoms. The van der Waals surface area contributed by atoms with Crippen molar-refractivity contribution >= 4 is 27.3 Å². The van der Waals surface area contributed by atoms with Crippen LogP contribution in [0.4, 0.5) is 0 Å². The number of thiophene rings is 1. The van der Waals surface area contributed by atoms with Crippen LogP contribution in [0.5, 0.6) is 0 Å². The molecule has 3 aromatic heterocycles. The number of aryl methyl sites for hydroxylation is 3. The normalized spacial score (nSPS) is 12.6. The Balaban J connectivity index is 2.21. The van der Waals surface area contributed by atoms with Gasteiger partial charge in [0.1, 0.15) is 0 Å². The lowest BCUT2D eigenvalue weighted by molar-refractivity contribution is 0.0802. The van der Waals surface area contributed by atoms with Crippen molar-refractivity contribution in [1.29, 1.82) is 0 Å². The molecule has 0 fully saturated rings. The van der Waals surface area contributed by atoms with Gasteiger partial charge in [-0.1, -0.05) is 13.8 Å². The number of amides is 1. The van der Waals surface area contributed by atoms with Crippen LogP contribution in [0.15, 0.2) is 4.79 Å². The summed E-state index contributed by atoms with van der Waals surface area (Å²) in [5.41, 5.74) is 3.48. The van der Waals surface area contributed by atoms with Gasteiger partial charge >= 0.3 is 0 Å². The van der Waals surface area contributed by atoms with Crippen LogP contribution in [-0.4, -0.2) is 55.4 Å². The van der Waals surface area contributed by atoms with E-state index in [-0.39, 0.29) is 12.1 Å². The first-order chi connectivity index (χ1) is 14.6. The molecule has 10 heteroatoms. The van der Waals surface area contributed by atoms with Gasteiger partial charge in [0.2, 0.25) is 0 Å². The minimum absolute atomic E-state index is 0.111. The number of hydrogen-bond donors (Lipinski definition) is 4. The number of H-pyrrole nitrogens is 1. The quantitative estimate of drug-likeness (QED) is 0.410. The first kappa shape index (κ1) is 23.1. The van der Waals surface area contributed by atoms with E-state index in [0.717, 1.165) is 32.2 Å². The topological polar surface area (TPSA) is 133 Å². The molecule has 31 heavy (non-hydrogen) atoms. The van der Waals surface area contributed by atoms with Crippen molar-refractivity contribution in [1.82, 2.24) is 25.3 Å². The molecule has 0 unspecified atom stereocenters. The molecule has 1 atom stereocenters. The molecule has 0 saturated heterocycles. The first-order valence-corrected chi connectivity index (χ1v) is 11.0. The summed E-state index contributed by atoms with van der Waals surface area (Å²) in [4.78, 5) is 27.0. The summed E-state index contributed by atoms with van der Waals surface area (Å²) < 4.78 is 2.00. The summed E-state index contributed by atoms with van der Waals surface area (Å²) >= 11 is 1.41. The largest absolute Gasteiger partial charge is 0.394 e. The average molecular weight is 448 g/mol. The molecule has 0 saturated carbocycles. The lowest BCUT2D eigenvalue weighted by Gasteiger charge is -2.11. The number of aromatic nitrogens is 4. The van der Waals surface area contributed by atoms with Gasteiger partial charge in [-0.15, -0.1) is 11.3 Å². The molecular weight excluding hydrogens is 418 g/mol. The highest BCUT2D eigenvalue weighted by Crippen LogP contribution is 2.34. The van der Waals surface area contributed by atoms with E-state index < -0.39 is 18.6 Å². The van der Waals surface area contributed by atoms with Gasteiger partial charge in [0.25, 0.3) is 11.5 Å². The number of aliphatic hydroxyl groups is 2. The summed E-state index contributed by atoms with van der Waals surface area (Å²) in [6.07, 6.45) is 0.0542. The maximum atomic E-state index is 13.2. The summed E-state index contributed by atoms with van der Waals surface area (Å²) in [7, 11) is 1.59. The van der Waals surface area contributed by atoms with Crippen molar-refractivity contribution in [3.8, 4) is 0 Å². The van der Waals surface area contributed by atoms with E-state index in [4.69, 9.17) is 5.11 Å². The smallest absolute Gasteiger partial charge is 0.276 e. The summed E-state index contributed by atoms with van der Waals surface area (Å²) in [6, 6.07) is 0. The van der Waals surface area contributed by atoms with Crippen LogP contribution in [-0.2, 0) is 19.9 Å². The number of fused-ring (bicyclic) bond motifs is 1. The third-order valence-electron chi connectivity index (χ3n) is 5.18. The molecule has 1 amide bonds. The Morgan fingerprint density at radius 1 is 1.32 bits per heavy atom. The van der Waals surface area contributed by atoms with Crippen LogP contribution in [0.25, 0.3) is 10.1 Å². The summed E-state index contributed by atoms with van der Waals surface area (Å²) in [5, 5.41) is 33.4. The zero-order valence-corrected chi connectivity index (χ0v) is 19.3. The van der Waals surface area contributed by atoms with Crippen LogP contribution in [0.1, 0.15) is 51.7 Å². The standard InChI is InChI=1S/C21H29N5O4S/c1-10(2)6-15-19-18(21(30)26(5)25-15)17(20(29)22-8-13(28)9-27)16(31-19)7-14-11(3)23-24-12(14)4/h10,13,27-28H,6-9H2,1-5H3,(H,22,29)(H,23,24)/t13-/m0/s1. The Bertz CT molecular complexity index is 1140. The number of aliphatic hydroxyl groups excluding tert-OH is 2. The number of nitrogens with one attached hydrogen (secondary N) is 2. The minimum atomic E-state index is -1.07. The van der Waals surface area contributed by atoms with Crippen LogP contribution in [0.2, 0.25) is 0 Å². The lowest BCUT2D eigenvalue weighted by atomic mass is 10.0. The molecule has 0 aliphatic rings. The van der Waals surface area contributed by atoms with Crippen molar-refractivity contribution < 1.29 is 15.0 Å². The number of carbonyl (C=O) groups excluding carboxylic acids is 1. The number of aromatic amines is 1. The second-order valence-corrected chi connectivity index (χ2v) is 9.32. The third-order valence-corrected chi connectivity index (χ3v) is 6.42. The van der Waals surface area contributed by atoms with Crippen molar-refractivity contribution in [3.05, 3.63) is 43.4 Å². The molecule has 3 aromatic rings. The Kier molecular flexibility index (Phi) is 6.93. The van der Waals surface area contributed by atoms with E-state index in [1.807, 2.05) is 13.8 Å². The molecule has 9 nitrogen and oxygen atoms in total. The Hall–Kier alpha value is -2.56. The zero-order valence-electron chi connectivity index (χ0n) is 18.4. The Labute approximate surface area is 184 Å². The molecule has 3 heterocycles. The van der Waals surface area contributed by atoms with Gasteiger partial charge in [-0.25, -0.2) is 4.68 Å². The van der Waals surface area contributed by atoms with Gasteiger partial charge in [0.05, 0.1) is 39.7 Å². The fourth-order valence-corrected chi connectivity index (χ4v) is 4.86.